The van der Waals surface area contributed by atoms with Crippen molar-refractivity contribution >= 4 is 11.7 Å². The van der Waals surface area contributed by atoms with Gasteiger partial charge in [0.2, 0.25) is 0 Å². The van der Waals surface area contributed by atoms with E-state index < -0.39 is 12.0 Å². The van der Waals surface area contributed by atoms with Gasteiger partial charge in [-0.2, -0.15) is 5.10 Å². The lowest BCUT2D eigenvalue weighted by atomic mass is 9.82. The van der Waals surface area contributed by atoms with E-state index in [0.717, 1.165) is 5.56 Å². The number of aliphatic carboxylic acids is 1. The molecule has 1 aromatic carbocycles. The summed E-state index contributed by atoms with van der Waals surface area (Å²) < 4.78 is 13.2. The monoisotopic (exact) mass is 369 g/mol. The maximum absolute atomic E-state index is 13.2. The summed E-state index contributed by atoms with van der Waals surface area (Å²) in [5.41, 5.74) is 8.64. The largest absolute Gasteiger partial charge is 0.480 e. The van der Waals surface area contributed by atoms with Gasteiger partial charge in [-0.05, 0) is 55.6 Å². The van der Waals surface area contributed by atoms with Gasteiger partial charge in [-0.15, -0.1) is 0 Å². The lowest BCUT2D eigenvalue weighted by molar-refractivity contribution is -0.143. The van der Waals surface area contributed by atoms with Gasteiger partial charge >= 0.3 is 5.97 Å². The Kier molecular flexibility index (Phi) is 4.57. The van der Waals surface area contributed by atoms with Gasteiger partial charge in [-0.25, -0.2) is 19.2 Å². The Morgan fingerprint density at radius 3 is 2.81 bits per heavy atom. The van der Waals surface area contributed by atoms with Crippen LogP contribution in [0.3, 0.4) is 0 Å². The summed E-state index contributed by atoms with van der Waals surface area (Å²) in [5, 5.41) is 15.9. The molecular formula is C19H20FN5O2. The molecule has 7 nitrogen and oxygen atoms in total. The zero-order valence-electron chi connectivity index (χ0n) is 14.7. The summed E-state index contributed by atoms with van der Waals surface area (Å²) in [7, 11) is 0. The third kappa shape index (κ3) is 3.16. The Balaban J connectivity index is 1.73. The highest BCUT2D eigenvalue weighted by molar-refractivity contribution is 6.06. The number of carboxylic acids is 1. The number of hydrogen-bond donors (Lipinski definition) is 2. The summed E-state index contributed by atoms with van der Waals surface area (Å²) in [6, 6.07) is 5.29. The molecule has 0 amide bonds. The van der Waals surface area contributed by atoms with Crippen LogP contribution in [-0.2, 0) is 11.2 Å². The second-order valence-electron chi connectivity index (χ2n) is 6.79. The maximum atomic E-state index is 13.2. The van der Waals surface area contributed by atoms with Crippen LogP contribution in [0.2, 0.25) is 0 Å². The fourth-order valence-corrected chi connectivity index (χ4v) is 3.75. The first-order valence-corrected chi connectivity index (χ1v) is 8.98. The molecule has 0 bridgehead atoms. The van der Waals surface area contributed by atoms with Crippen molar-refractivity contribution in [2.24, 2.45) is 16.8 Å². The molecule has 2 aliphatic rings. The van der Waals surface area contributed by atoms with Gasteiger partial charge in [0.15, 0.2) is 11.9 Å². The van der Waals surface area contributed by atoms with Crippen molar-refractivity contribution in [2.45, 2.75) is 25.3 Å². The van der Waals surface area contributed by atoms with Crippen molar-refractivity contribution in [1.82, 2.24) is 15.0 Å². The zero-order valence-corrected chi connectivity index (χ0v) is 14.7. The molecule has 1 aromatic heterocycles. The first-order chi connectivity index (χ1) is 13.1. The van der Waals surface area contributed by atoms with E-state index in [0.29, 0.717) is 55.1 Å². The highest BCUT2D eigenvalue weighted by Crippen LogP contribution is 2.35. The molecule has 0 spiro atoms. The lowest BCUT2D eigenvalue weighted by Gasteiger charge is -2.26. The number of carbonyl (C=O) groups is 1. The molecule has 2 heterocycles. The normalized spacial score (nSPS) is 20.8. The fraction of sp³-hybridized carbons (Fsp3) is 0.368. The number of nitrogens with two attached hydrogens (primary N) is 1. The molecule has 0 saturated heterocycles. The fourth-order valence-electron chi connectivity index (χ4n) is 3.75. The number of hydrogen-bond acceptors (Lipinski definition) is 6. The van der Waals surface area contributed by atoms with E-state index in [1.54, 1.807) is 23.3 Å². The number of hydrazone groups is 1. The molecule has 0 radical (unpaired) electrons. The van der Waals surface area contributed by atoms with Gasteiger partial charge < -0.3 is 10.8 Å². The van der Waals surface area contributed by atoms with E-state index in [9.17, 15) is 14.3 Å². The number of fused-ring (bicyclic) bond motifs is 3. The van der Waals surface area contributed by atoms with Crippen LogP contribution in [0.15, 0.2) is 35.6 Å². The summed E-state index contributed by atoms with van der Waals surface area (Å²) in [6.07, 6.45) is 3.83. The van der Waals surface area contributed by atoms with Crippen molar-refractivity contribution in [3.8, 4) is 11.4 Å². The molecule has 1 aliphatic heterocycles. The van der Waals surface area contributed by atoms with Crippen molar-refractivity contribution in [2.75, 3.05) is 13.1 Å². The molecule has 2 aromatic rings. The van der Waals surface area contributed by atoms with Gasteiger partial charge in [0, 0.05) is 24.2 Å². The Hall–Kier alpha value is -2.87. The molecule has 1 aliphatic carbocycles. The van der Waals surface area contributed by atoms with Gasteiger partial charge in [-0.3, -0.25) is 5.01 Å². The molecule has 140 valence electrons. The minimum atomic E-state index is -0.882. The summed E-state index contributed by atoms with van der Waals surface area (Å²) in [5.74, 6) is -0.933. The second-order valence-corrected chi connectivity index (χ2v) is 6.79. The van der Waals surface area contributed by atoms with Crippen LogP contribution in [0.4, 0.5) is 4.39 Å². The zero-order chi connectivity index (χ0) is 19.0. The molecule has 0 fully saturated rings. The van der Waals surface area contributed by atoms with Gasteiger partial charge in [0.25, 0.3) is 0 Å². The SMILES string of the molecule is NCCCN1N=C2c3nc(-c4ccc(F)cc4)ncc3CCC2C1C(=O)O. The van der Waals surface area contributed by atoms with Gasteiger partial charge in [0.05, 0.1) is 11.4 Å². The summed E-state index contributed by atoms with van der Waals surface area (Å²) >= 11 is 0. The average Bonchev–Trinajstić information content (AvgIpc) is 3.05. The Morgan fingerprint density at radius 2 is 2.11 bits per heavy atom. The van der Waals surface area contributed by atoms with E-state index in [1.165, 1.54) is 12.1 Å². The second kappa shape index (κ2) is 7.03. The molecule has 27 heavy (non-hydrogen) atoms. The van der Waals surface area contributed by atoms with Gasteiger partial charge in [0.1, 0.15) is 5.82 Å². The quantitative estimate of drug-likeness (QED) is 0.831. The molecule has 2 unspecified atom stereocenters. The number of benzene rings is 1. The van der Waals surface area contributed by atoms with Crippen LogP contribution < -0.4 is 5.73 Å². The predicted octanol–water partition coefficient (Wildman–Crippen LogP) is 1.67. The number of aromatic nitrogens is 2. The summed E-state index contributed by atoms with van der Waals surface area (Å²) in [4.78, 5) is 20.9. The molecule has 4 rings (SSSR count). The number of halogens is 1. The van der Waals surface area contributed by atoms with Crippen LogP contribution in [-0.4, -0.2) is 50.9 Å². The van der Waals surface area contributed by atoms with Crippen molar-refractivity contribution in [3.63, 3.8) is 0 Å². The third-order valence-electron chi connectivity index (χ3n) is 5.07. The first kappa shape index (κ1) is 17.5. The third-order valence-corrected chi connectivity index (χ3v) is 5.07. The molecule has 8 heteroatoms. The standard InChI is InChI=1S/C19H20FN5O2/c20-13-5-2-11(3-6-13)18-22-10-12-4-7-14-16(15(12)23-18)24-25(9-1-8-21)17(14)19(26)27/h2-3,5-6,10,14,17H,1,4,7-9,21H2,(H,26,27). The topological polar surface area (TPSA) is 105 Å². The number of aryl methyl sites for hydroxylation is 1. The average molecular weight is 369 g/mol. The minimum absolute atomic E-state index is 0.205. The number of rotatable bonds is 5. The van der Waals surface area contributed by atoms with Crippen LogP contribution in [0.5, 0.6) is 0 Å². The Labute approximate surface area is 155 Å². The van der Waals surface area contributed by atoms with Crippen molar-refractivity contribution < 1.29 is 14.3 Å². The van der Waals surface area contributed by atoms with Gasteiger partial charge in [-0.1, -0.05) is 0 Å². The molecule has 3 N–H and O–H groups in total. The minimum Gasteiger partial charge on any atom is -0.480 e. The van der Waals surface area contributed by atoms with E-state index in [2.05, 4.69) is 15.1 Å². The molecular weight excluding hydrogens is 349 g/mol. The highest BCUT2D eigenvalue weighted by atomic mass is 19.1. The van der Waals surface area contributed by atoms with Crippen LogP contribution in [0.25, 0.3) is 11.4 Å². The van der Waals surface area contributed by atoms with Crippen LogP contribution >= 0.6 is 0 Å². The molecule has 2 atom stereocenters. The lowest BCUT2D eigenvalue weighted by Crippen LogP contribution is -2.42. The van der Waals surface area contributed by atoms with E-state index in [-0.39, 0.29) is 11.7 Å². The number of carboxylic acid groups (broad SMARTS) is 1. The van der Waals surface area contributed by atoms with Crippen LogP contribution in [0, 0.1) is 11.7 Å². The predicted molar refractivity (Wildman–Crippen MR) is 97.6 cm³/mol. The van der Waals surface area contributed by atoms with E-state index in [1.807, 2.05) is 0 Å². The number of nitrogens with zero attached hydrogens (tertiary/aromatic N) is 4. The maximum Gasteiger partial charge on any atom is 0.328 e. The Morgan fingerprint density at radius 1 is 1.33 bits per heavy atom. The smallest absolute Gasteiger partial charge is 0.328 e. The van der Waals surface area contributed by atoms with E-state index in [4.69, 9.17) is 5.73 Å². The highest BCUT2D eigenvalue weighted by Gasteiger charge is 2.45. The first-order valence-electron chi connectivity index (χ1n) is 8.98. The van der Waals surface area contributed by atoms with Crippen molar-refractivity contribution in [3.05, 3.63) is 47.5 Å². The van der Waals surface area contributed by atoms with E-state index >= 15 is 0 Å². The van der Waals surface area contributed by atoms with Crippen molar-refractivity contribution in [1.29, 1.82) is 0 Å². The van der Waals surface area contributed by atoms with Crippen LogP contribution in [0.1, 0.15) is 24.1 Å². The molecule has 0 saturated carbocycles. The Bertz CT molecular complexity index is 899. The summed E-state index contributed by atoms with van der Waals surface area (Å²) in [6.45, 7) is 0.977.